The molecule has 0 spiro atoms. The van der Waals surface area contributed by atoms with Crippen molar-refractivity contribution in [3.05, 3.63) is 126 Å². The zero-order valence-corrected chi connectivity index (χ0v) is 22.9. The topological polar surface area (TPSA) is 40.8 Å². The molecule has 2 heterocycles. The van der Waals surface area contributed by atoms with Gasteiger partial charge in [0.05, 0.1) is 17.2 Å². The van der Waals surface area contributed by atoms with Crippen LogP contribution in [-0.2, 0) is 7.05 Å². The van der Waals surface area contributed by atoms with Crippen molar-refractivity contribution in [1.82, 2.24) is 0 Å². The van der Waals surface area contributed by atoms with E-state index in [4.69, 9.17) is 4.42 Å². The molecule has 40 heavy (non-hydrogen) atoms. The second-order valence-corrected chi connectivity index (χ2v) is 11.1. The molecular weight excluding hydrogens is 488 g/mol. The molecular formula is C37H31N2O+. The van der Waals surface area contributed by atoms with E-state index in [9.17, 15) is 5.26 Å². The summed E-state index contributed by atoms with van der Waals surface area (Å²) in [4.78, 5) is 0. The number of hydrogen-bond donors (Lipinski definition) is 0. The summed E-state index contributed by atoms with van der Waals surface area (Å²) in [6.45, 7) is 2.13. The zero-order chi connectivity index (χ0) is 27.2. The number of nitrogens with zero attached hydrogens (tertiary/aromatic N) is 2. The summed E-state index contributed by atoms with van der Waals surface area (Å²) >= 11 is 0. The molecule has 0 bridgehead atoms. The highest BCUT2D eigenvalue weighted by atomic mass is 16.3. The summed E-state index contributed by atoms with van der Waals surface area (Å²) < 4.78 is 8.86. The lowest BCUT2D eigenvalue weighted by molar-refractivity contribution is -0.660. The predicted molar refractivity (Wildman–Crippen MR) is 161 cm³/mol. The van der Waals surface area contributed by atoms with E-state index in [-0.39, 0.29) is 0 Å². The number of pyridine rings is 1. The average Bonchev–Trinajstić information content (AvgIpc) is 3.63. The van der Waals surface area contributed by atoms with Crippen LogP contribution in [0.5, 0.6) is 0 Å². The minimum absolute atomic E-state index is 0.564. The molecule has 0 radical (unpaired) electrons. The first-order valence-corrected chi connectivity index (χ1v) is 14.1. The molecule has 0 aliphatic heterocycles. The maximum absolute atomic E-state index is 10.1. The number of aromatic nitrogens is 1. The fourth-order valence-corrected chi connectivity index (χ4v) is 6.72. The van der Waals surface area contributed by atoms with Gasteiger partial charge in [0.1, 0.15) is 18.2 Å². The molecule has 1 saturated carbocycles. The largest absolute Gasteiger partial charge is 0.454 e. The molecule has 7 rings (SSSR count). The Hall–Kier alpha value is -4.68. The van der Waals surface area contributed by atoms with E-state index in [0.29, 0.717) is 17.4 Å². The summed E-state index contributed by atoms with van der Waals surface area (Å²) in [5.74, 6) is 1.19. The van der Waals surface area contributed by atoms with Crippen molar-refractivity contribution in [2.75, 3.05) is 0 Å². The van der Waals surface area contributed by atoms with Crippen molar-refractivity contribution in [1.29, 1.82) is 5.26 Å². The summed E-state index contributed by atoms with van der Waals surface area (Å²) in [5.41, 5.74) is 10.3. The third-order valence-electron chi connectivity index (χ3n) is 8.82. The Balaban J connectivity index is 1.31. The second-order valence-electron chi connectivity index (χ2n) is 11.1. The van der Waals surface area contributed by atoms with E-state index >= 15 is 0 Å². The molecule has 1 aliphatic rings. The molecule has 3 nitrogen and oxygen atoms in total. The number of rotatable bonds is 4. The van der Waals surface area contributed by atoms with Crippen molar-refractivity contribution >= 4 is 21.9 Å². The van der Waals surface area contributed by atoms with Gasteiger partial charge >= 0.3 is 0 Å². The van der Waals surface area contributed by atoms with Crippen LogP contribution in [0, 0.1) is 18.3 Å². The molecule has 4 aromatic carbocycles. The third-order valence-corrected chi connectivity index (χ3v) is 8.82. The second kappa shape index (κ2) is 9.81. The third kappa shape index (κ3) is 4.00. The maximum Gasteiger partial charge on any atom is 0.216 e. The zero-order valence-electron chi connectivity index (χ0n) is 22.9. The first kappa shape index (κ1) is 24.4. The van der Waals surface area contributed by atoms with Crippen LogP contribution in [0.25, 0.3) is 44.3 Å². The van der Waals surface area contributed by atoms with Gasteiger partial charge in [-0.25, -0.2) is 4.57 Å². The highest BCUT2D eigenvalue weighted by molar-refractivity contribution is 6.14. The Morgan fingerprint density at radius 2 is 1.38 bits per heavy atom. The van der Waals surface area contributed by atoms with Crippen molar-refractivity contribution in [3.8, 4) is 28.5 Å². The molecule has 2 atom stereocenters. The molecule has 2 aromatic heterocycles. The van der Waals surface area contributed by atoms with Crippen LogP contribution in [0.1, 0.15) is 53.4 Å². The van der Waals surface area contributed by atoms with E-state index < -0.39 is 0 Å². The molecule has 6 aromatic rings. The number of furan rings is 1. The summed E-state index contributed by atoms with van der Waals surface area (Å²) in [6.07, 6.45) is 5.68. The minimum Gasteiger partial charge on any atom is -0.454 e. The van der Waals surface area contributed by atoms with Crippen LogP contribution < -0.4 is 4.57 Å². The van der Waals surface area contributed by atoms with Crippen LogP contribution in [-0.4, -0.2) is 0 Å². The lowest BCUT2D eigenvalue weighted by atomic mass is 9.91. The maximum atomic E-state index is 10.1. The van der Waals surface area contributed by atoms with Crippen molar-refractivity contribution in [3.63, 3.8) is 0 Å². The van der Waals surface area contributed by atoms with Gasteiger partial charge in [-0.1, -0.05) is 66.7 Å². The molecule has 0 N–H and O–H groups in total. The summed E-state index contributed by atoms with van der Waals surface area (Å²) in [7, 11) is 2.06. The van der Waals surface area contributed by atoms with Crippen LogP contribution in [0.2, 0.25) is 0 Å². The first-order valence-electron chi connectivity index (χ1n) is 14.1. The fraction of sp³-hybridized carbons (Fsp3) is 0.189. The predicted octanol–water partition coefficient (Wildman–Crippen LogP) is 8.98. The standard InChI is InChI=1S/C37H31N2O/c1-24-11-19-31-32-20-18-30(23-38)35(37(32)40-36(31)34(24)33-10-6-7-21-39(33)2)27-14-12-26(13-15-27)29-17-16-28(22-29)25-8-4-3-5-9-25/h3-15,18-21,28-29H,16-17,22H2,1-2H3/q+1. The summed E-state index contributed by atoms with van der Waals surface area (Å²) in [6, 6.07) is 36.7. The molecule has 194 valence electrons. The summed E-state index contributed by atoms with van der Waals surface area (Å²) in [5, 5.41) is 12.2. The van der Waals surface area contributed by atoms with Gasteiger partial charge in [0, 0.05) is 28.5 Å². The fourth-order valence-electron chi connectivity index (χ4n) is 6.72. The van der Waals surface area contributed by atoms with E-state index in [1.807, 2.05) is 18.2 Å². The monoisotopic (exact) mass is 519 g/mol. The van der Waals surface area contributed by atoms with Gasteiger partial charge < -0.3 is 4.42 Å². The molecule has 2 unspecified atom stereocenters. The SMILES string of the molecule is Cc1ccc2c(oc3c(-c4ccc(C5CCC(c6ccccc6)C5)cc4)c(C#N)ccc32)c1-c1cccc[n+]1C. The quantitative estimate of drug-likeness (QED) is 0.218. The number of aryl methyl sites for hydroxylation is 2. The molecule has 3 heteroatoms. The van der Waals surface area contributed by atoms with Gasteiger partial charge in [-0.15, -0.1) is 0 Å². The number of nitriles is 1. The minimum atomic E-state index is 0.564. The highest BCUT2D eigenvalue weighted by Gasteiger charge is 2.27. The normalized spacial score (nSPS) is 16.9. The van der Waals surface area contributed by atoms with Gasteiger partial charge in [0.25, 0.3) is 0 Å². The Bertz CT molecular complexity index is 1910. The molecule has 1 fully saturated rings. The number of benzene rings is 4. The Morgan fingerprint density at radius 3 is 2.08 bits per heavy atom. The lowest BCUT2D eigenvalue weighted by Gasteiger charge is -2.13. The van der Waals surface area contributed by atoms with E-state index in [0.717, 1.165) is 49.9 Å². The smallest absolute Gasteiger partial charge is 0.216 e. The van der Waals surface area contributed by atoms with E-state index in [1.54, 1.807) is 0 Å². The van der Waals surface area contributed by atoms with Gasteiger partial charge in [0.15, 0.2) is 6.20 Å². The van der Waals surface area contributed by atoms with Crippen LogP contribution in [0.4, 0.5) is 0 Å². The van der Waals surface area contributed by atoms with Crippen LogP contribution in [0.15, 0.2) is 108 Å². The van der Waals surface area contributed by atoms with Gasteiger partial charge in [-0.2, -0.15) is 5.26 Å². The molecule has 0 saturated heterocycles. The number of fused-ring (bicyclic) bond motifs is 3. The molecule has 1 aliphatic carbocycles. The van der Waals surface area contributed by atoms with Crippen molar-refractivity contribution in [2.45, 2.75) is 38.0 Å². The lowest BCUT2D eigenvalue weighted by Crippen LogP contribution is -2.30. The van der Waals surface area contributed by atoms with Crippen molar-refractivity contribution in [2.24, 2.45) is 7.05 Å². The van der Waals surface area contributed by atoms with Gasteiger partial charge in [-0.05, 0) is 78.5 Å². The Kier molecular flexibility index (Phi) is 5.98. The first-order chi connectivity index (χ1) is 19.6. The molecule has 0 amide bonds. The van der Waals surface area contributed by atoms with Gasteiger partial charge in [0.2, 0.25) is 5.69 Å². The Morgan fingerprint density at radius 1 is 0.725 bits per heavy atom. The van der Waals surface area contributed by atoms with Crippen LogP contribution >= 0.6 is 0 Å². The highest BCUT2D eigenvalue weighted by Crippen LogP contribution is 2.45. The average molecular weight is 520 g/mol. The number of hydrogen-bond acceptors (Lipinski definition) is 2. The van der Waals surface area contributed by atoms with Crippen molar-refractivity contribution < 1.29 is 8.98 Å². The van der Waals surface area contributed by atoms with E-state index in [1.165, 1.54) is 30.4 Å². The van der Waals surface area contributed by atoms with E-state index in [2.05, 4.69) is 110 Å². The van der Waals surface area contributed by atoms with Gasteiger partial charge in [-0.3, -0.25) is 0 Å². The van der Waals surface area contributed by atoms with Crippen LogP contribution in [0.3, 0.4) is 0 Å². The Labute approximate surface area is 234 Å².